The molecule has 0 heterocycles. The zero-order valence-electron chi connectivity index (χ0n) is 11.8. The molecule has 0 aromatic heterocycles. The summed E-state index contributed by atoms with van der Waals surface area (Å²) in [7, 11) is 0. The highest BCUT2D eigenvalue weighted by atomic mass is 16.5. The first-order chi connectivity index (χ1) is 10.1. The molecule has 0 amide bonds. The predicted octanol–water partition coefficient (Wildman–Crippen LogP) is 1.19. The fourth-order valence-corrected chi connectivity index (χ4v) is 1.34. The number of ether oxygens (including phenoxy) is 2. The van der Waals surface area contributed by atoms with Gasteiger partial charge in [-0.3, -0.25) is 0 Å². The summed E-state index contributed by atoms with van der Waals surface area (Å²) < 4.78 is 10.1. The van der Waals surface area contributed by atoms with E-state index in [2.05, 4.69) is 23.7 Å². The number of rotatable bonds is 6. The van der Waals surface area contributed by atoms with Gasteiger partial charge in [-0.1, -0.05) is 18.1 Å². The van der Waals surface area contributed by atoms with Crippen molar-refractivity contribution in [2.24, 2.45) is 5.73 Å². The SMILES string of the molecule is C[C@@H](N)c1ccc(OCC#CC#CCOCC(=O)O)cc1. The van der Waals surface area contributed by atoms with Gasteiger partial charge in [0.25, 0.3) is 0 Å². The Kier molecular flexibility index (Phi) is 7.45. The van der Waals surface area contributed by atoms with Gasteiger partial charge in [-0.15, -0.1) is 0 Å². The van der Waals surface area contributed by atoms with Crippen molar-refractivity contribution in [2.75, 3.05) is 19.8 Å². The van der Waals surface area contributed by atoms with Crippen LogP contribution in [0.1, 0.15) is 18.5 Å². The van der Waals surface area contributed by atoms with E-state index in [1.54, 1.807) is 0 Å². The molecule has 0 aliphatic heterocycles. The van der Waals surface area contributed by atoms with Crippen LogP contribution in [0.3, 0.4) is 0 Å². The van der Waals surface area contributed by atoms with Crippen LogP contribution >= 0.6 is 0 Å². The Bertz CT molecular complexity index is 570. The Morgan fingerprint density at radius 3 is 2.43 bits per heavy atom. The molecule has 0 saturated carbocycles. The van der Waals surface area contributed by atoms with E-state index >= 15 is 0 Å². The molecule has 1 aromatic carbocycles. The molecule has 110 valence electrons. The van der Waals surface area contributed by atoms with Crippen molar-refractivity contribution in [3.63, 3.8) is 0 Å². The Morgan fingerprint density at radius 2 is 1.86 bits per heavy atom. The van der Waals surface area contributed by atoms with Crippen molar-refractivity contribution in [1.29, 1.82) is 0 Å². The molecule has 0 radical (unpaired) electrons. The lowest BCUT2D eigenvalue weighted by Gasteiger charge is -2.06. The van der Waals surface area contributed by atoms with Crippen molar-refractivity contribution < 1.29 is 19.4 Å². The van der Waals surface area contributed by atoms with Crippen LogP contribution in [0.4, 0.5) is 0 Å². The van der Waals surface area contributed by atoms with Crippen LogP contribution in [0.2, 0.25) is 0 Å². The summed E-state index contributed by atoms with van der Waals surface area (Å²) in [6.45, 7) is 1.82. The van der Waals surface area contributed by atoms with Crippen molar-refractivity contribution in [3.05, 3.63) is 29.8 Å². The maximum absolute atomic E-state index is 10.1. The lowest BCUT2D eigenvalue weighted by atomic mass is 10.1. The number of hydrogen-bond acceptors (Lipinski definition) is 4. The molecule has 5 heteroatoms. The third-order valence-electron chi connectivity index (χ3n) is 2.36. The summed E-state index contributed by atoms with van der Waals surface area (Å²) in [5.41, 5.74) is 6.79. The zero-order chi connectivity index (χ0) is 15.5. The van der Waals surface area contributed by atoms with Crippen LogP contribution in [0.5, 0.6) is 5.75 Å². The topological polar surface area (TPSA) is 81.8 Å². The summed E-state index contributed by atoms with van der Waals surface area (Å²) in [5, 5.41) is 8.32. The van der Waals surface area contributed by atoms with E-state index in [1.165, 1.54) is 0 Å². The van der Waals surface area contributed by atoms with Crippen LogP contribution in [-0.4, -0.2) is 30.9 Å². The number of benzene rings is 1. The number of carboxylic acids is 1. The van der Waals surface area contributed by atoms with E-state index in [0.717, 1.165) is 5.56 Å². The number of nitrogens with two attached hydrogens (primary N) is 1. The smallest absolute Gasteiger partial charge is 0.329 e. The normalized spacial score (nSPS) is 10.6. The average molecular weight is 287 g/mol. The highest BCUT2D eigenvalue weighted by Crippen LogP contribution is 2.15. The third kappa shape index (κ3) is 7.64. The molecule has 0 aliphatic rings. The van der Waals surface area contributed by atoms with Gasteiger partial charge >= 0.3 is 5.97 Å². The standard InChI is InChI=1S/C16H17NO4/c1-13(17)14-6-8-15(9-7-14)21-11-5-3-2-4-10-20-12-16(18)19/h6-9,13H,10-12,17H2,1H3,(H,18,19)/t13-/m1/s1. The predicted molar refractivity (Wildman–Crippen MR) is 78.5 cm³/mol. The molecule has 1 rings (SSSR count). The number of carboxylic acid groups (broad SMARTS) is 1. The van der Waals surface area contributed by atoms with Gasteiger partial charge in [0, 0.05) is 6.04 Å². The van der Waals surface area contributed by atoms with E-state index in [1.807, 2.05) is 31.2 Å². The first kappa shape index (κ1) is 16.6. The molecule has 0 bridgehead atoms. The number of aliphatic carboxylic acids is 1. The zero-order valence-corrected chi connectivity index (χ0v) is 11.8. The number of hydrogen-bond donors (Lipinski definition) is 2. The van der Waals surface area contributed by atoms with Gasteiger partial charge < -0.3 is 20.3 Å². The lowest BCUT2D eigenvalue weighted by Crippen LogP contribution is -2.06. The van der Waals surface area contributed by atoms with Gasteiger partial charge in [0.05, 0.1) is 0 Å². The molecule has 0 spiro atoms. The van der Waals surface area contributed by atoms with Gasteiger partial charge in [0.2, 0.25) is 0 Å². The molecule has 0 saturated heterocycles. The van der Waals surface area contributed by atoms with Crippen LogP contribution in [0.25, 0.3) is 0 Å². The summed E-state index contributed by atoms with van der Waals surface area (Å²) >= 11 is 0. The highest BCUT2D eigenvalue weighted by Gasteiger charge is 1.98. The quantitative estimate of drug-likeness (QED) is 0.607. The second-order valence-corrected chi connectivity index (χ2v) is 4.14. The minimum absolute atomic E-state index is 0.00235. The highest BCUT2D eigenvalue weighted by molar-refractivity contribution is 5.68. The van der Waals surface area contributed by atoms with E-state index in [4.69, 9.17) is 20.3 Å². The van der Waals surface area contributed by atoms with E-state index < -0.39 is 5.97 Å². The molecule has 1 aromatic rings. The first-order valence-corrected chi connectivity index (χ1v) is 6.33. The van der Waals surface area contributed by atoms with E-state index in [-0.39, 0.29) is 25.9 Å². The monoisotopic (exact) mass is 287 g/mol. The van der Waals surface area contributed by atoms with Gasteiger partial charge in [0.15, 0.2) is 0 Å². The molecule has 3 N–H and O–H groups in total. The van der Waals surface area contributed by atoms with Gasteiger partial charge in [-0.05, 0) is 42.4 Å². The van der Waals surface area contributed by atoms with Crippen LogP contribution in [0, 0.1) is 23.7 Å². The third-order valence-corrected chi connectivity index (χ3v) is 2.36. The molecular formula is C16H17NO4. The summed E-state index contributed by atoms with van der Waals surface area (Å²) in [6, 6.07) is 7.50. The maximum atomic E-state index is 10.1. The average Bonchev–Trinajstić information content (AvgIpc) is 2.45. The Labute approximate surface area is 124 Å². The van der Waals surface area contributed by atoms with Crippen LogP contribution in [-0.2, 0) is 9.53 Å². The lowest BCUT2D eigenvalue weighted by molar-refractivity contribution is -0.141. The van der Waals surface area contributed by atoms with Gasteiger partial charge in [-0.25, -0.2) is 4.79 Å². The minimum Gasteiger partial charge on any atom is -0.481 e. The van der Waals surface area contributed by atoms with E-state index in [0.29, 0.717) is 5.75 Å². The van der Waals surface area contributed by atoms with E-state index in [9.17, 15) is 4.79 Å². The first-order valence-electron chi connectivity index (χ1n) is 6.33. The minimum atomic E-state index is -1.02. The summed E-state index contributed by atoms with van der Waals surface area (Å²) in [5.74, 6) is 10.1. The maximum Gasteiger partial charge on any atom is 0.329 e. The summed E-state index contributed by atoms with van der Waals surface area (Å²) in [4.78, 5) is 10.1. The fraction of sp³-hybridized carbons (Fsp3) is 0.312. The van der Waals surface area contributed by atoms with Gasteiger partial charge in [0.1, 0.15) is 25.6 Å². The number of carbonyl (C=O) groups is 1. The van der Waals surface area contributed by atoms with Crippen molar-refractivity contribution >= 4 is 5.97 Å². The summed E-state index contributed by atoms with van der Waals surface area (Å²) in [6.07, 6.45) is 0. The molecular weight excluding hydrogens is 270 g/mol. The second kappa shape index (κ2) is 9.44. The van der Waals surface area contributed by atoms with Crippen molar-refractivity contribution in [2.45, 2.75) is 13.0 Å². The Balaban J connectivity index is 2.26. The molecule has 1 atom stereocenters. The molecule has 0 unspecified atom stereocenters. The van der Waals surface area contributed by atoms with Crippen LogP contribution in [0.15, 0.2) is 24.3 Å². The molecule has 21 heavy (non-hydrogen) atoms. The second-order valence-electron chi connectivity index (χ2n) is 4.14. The van der Waals surface area contributed by atoms with Gasteiger partial charge in [-0.2, -0.15) is 0 Å². The van der Waals surface area contributed by atoms with Crippen molar-refractivity contribution in [1.82, 2.24) is 0 Å². The Hall–Kier alpha value is -2.47. The van der Waals surface area contributed by atoms with Crippen molar-refractivity contribution in [3.8, 4) is 29.4 Å². The van der Waals surface area contributed by atoms with Crippen LogP contribution < -0.4 is 10.5 Å². The molecule has 0 aliphatic carbocycles. The fourth-order valence-electron chi connectivity index (χ4n) is 1.34. The largest absolute Gasteiger partial charge is 0.481 e. The molecule has 0 fully saturated rings. The molecule has 5 nitrogen and oxygen atoms in total. The Morgan fingerprint density at radius 1 is 1.24 bits per heavy atom.